The Bertz CT molecular complexity index is 1170. The lowest BCUT2D eigenvalue weighted by molar-refractivity contribution is -0.119. The summed E-state index contributed by atoms with van der Waals surface area (Å²) < 4.78 is 1.87. The smallest absolute Gasteiger partial charge is 0.239 e. The van der Waals surface area contributed by atoms with E-state index in [0.29, 0.717) is 6.54 Å². The number of imidazole rings is 1. The van der Waals surface area contributed by atoms with E-state index < -0.39 is 0 Å². The number of benzene rings is 1. The molecule has 10 heteroatoms. The van der Waals surface area contributed by atoms with Crippen molar-refractivity contribution in [2.24, 2.45) is 0 Å². The molecule has 1 aliphatic rings. The molecule has 196 valence electrons. The molecule has 0 atom stereocenters. The number of piperazine rings is 1. The number of amides is 1. The lowest BCUT2D eigenvalue weighted by Crippen LogP contribution is -2.48. The zero-order valence-electron chi connectivity index (χ0n) is 22.5. The maximum absolute atomic E-state index is 12.6. The quantitative estimate of drug-likeness (QED) is 0.456. The fraction of sp³-hybridized carbons (Fsp3) is 0.577. The van der Waals surface area contributed by atoms with Gasteiger partial charge in [0.2, 0.25) is 16.0 Å². The molecule has 0 aliphatic carbocycles. The van der Waals surface area contributed by atoms with Crippen molar-refractivity contribution in [3.63, 3.8) is 0 Å². The Kier molecular flexibility index (Phi) is 8.17. The summed E-state index contributed by atoms with van der Waals surface area (Å²) >= 11 is 1.49. The van der Waals surface area contributed by atoms with E-state index in [-0.39, 0.29) is 18.0 Å². The molecule has 0 radical (unpaired) electrons. The van der Waals surface area contributed by atoms with Crippen LogP contribution in [-0.2, 0) is 4.79 Å². The van der Waals surface area contributed by atoms with Crippen molar-refractivity contribution in [2.75, 3.05) is 69.6 Å². The van der Waals surface area contributed by atoms with E-state index in [1.54, 1.807) is 0 Å². The standard InChI is InChI=1S/C26H40N8OS/c1-7-32-13-15-33(16-14-32)12-11-27-21(35)18-31(6)25-30-34-23(29-26(3,4)5)22(28-24(34)36-25)20-10-8-9-19(2)17-20/h8-10,17,29H,7,11-16,18H2,1-6H3,(H,27,35). The van der Waals surface area contributed by atoms with E-state index in [0.717, 1.165) is 66.4 Å². The minimum absolute atomic E-state index is 0.00558. The van der Waals surface area contributed by atoms with E-state index in [1.165, 1.54) is 16.9 Å². The second-order valence-corrected chi connectivity index (χ2v) is 11.5. The van der Waals surface area contributed by atoms with Crippen LogP contribution in [-0.4, -0.2) is 95.2 Å². The van der Waals surface area contributed by atoms with Crippen LogP contribution >= 0.6 is 11.3 Å². The molecule has 36 heavy (non-hydrogen) atoms. The molecule has 3 aromatic rings. The highest BCUT2D eigenvalue weighted by Gasteiger charge is 2.23. The van der Waals surface area contributed by atoms with Crippen molar-refractivity contribution < 1.29 is 4.79 Å². The summed E-state index contributed by atoms with van der Waals surface area (Å²) in [7, 11) is 1.90. The zero-order valence-corrected chi connectivity index (χ0v) is 23.3. The minimum atomic E-state index is -0.159. The lowest BCUT2D eigenvalue weighted by atomic mass is 10.1. The monoisotopic (exact) mass is 512 g/mol. The van der Waals surface area contributed by atoms with Gasteiger partial charge in [-0.15, -0.1) is 5.10 Å². The molecule has 1 aromatic carbocycles. The van der Waals surface area contributed by atoms with Crippen LogP contribution in [0.15, 0.2) is 24.3 Å². The third-order valence-electron chi connectivity index (χ3n) is 6.35. The van der Waals surface area contributed by atoms with Crippen molar-refractivity contribution in [1.82, 2.24) is 29.7 Å². The van der Waals surface area contributed by atoms with Crippen LogP contribution < -0.4 is 15.5 Å². The summed E-state index contributed by atoms with van der Waals surface area (Å²) in [6.45, 7) is 17.9. The van der Waals surface area contributed by atoms with Gasteiger partial charge >= 0.3 is 0 Å². The van der Waals surface area contributed by atoms with Crippen LogP contribution in [0, 0.1) is 6.92 Å². The van der Waals surface area contributed by atoms with E-state index in [1.807, 2.05) is 16.5 Å². The van der Waals surface area contributed by atoms with Crippen LogP contribution in [0.5, 0.6) is 0 Å². The average Bonchev–Trinajstić information content (AvgIpc) is 3.38. The van der Waals surface area contributed by atoms with Gasteiger partial charge in [0.1, 0.15) is 5.69 Å². The number of aryl methyl sites for hydroxylation is 1. The van der Waals surface area contributed by atoms with Gasteiger partial charge in [-0.05, 0) is 40.3 Å². The van der Waals surface area contributed by atoms with Crippen molar-refractivity contribution in [1.29, 1.82) is 0 Å². The van der Waals surface area contributed by atoms with Crippen molar-refractivity contribution in [3.05, 3.63) is 29.8 Å². The fourth-order valence-corrected chi connectivity index (χ4v) is 5.24. The fourth-order valence-electron chi connectivity index (χ4n) is 4.38. The normalized spacial score (nSPS) is 15.4. The van der Waals surface area contributed by atoms with Crippen LogP contribution in [0.4, 0.5) is 10.9 Å². The molecule has 0 unspecified atom stereocenters. The predicted molar refractivity (Wildman–Crippen MR) is 149 cm³/mol. The van der Waals surface area contributed by atoms with Crippen molar-refractivity contribution in [2.45, 2.75) is 40.2 Å². The van der Waals surface area contributed by atoms with E-state index >= 15 is 0 Å². The number of anilines is 2. The summed E-state index contributed by atoms with van der Waals surface area (Å²) in [5, 5.41) is 12.2. The number of aromatic nitrogens is 3. The third kappa shape index (κ3) is 6.54. The first kappa shape index (κ1) is 26.4. The van der Waals surface area contributed by atoms with Gasteiger partial charge in [-0.25, -0.2) is 4.98 Å². The Morgan fingerprint density at radius 3 is 2.56 bits per heavy atom. The molecule has 2 aromatic heterocycles. The number of rotatable bonds is 9. The molecule has 1 amide bonds. The molecule has 0 saturated carbocycles. The van der Waals surface area contributed by atoms with Crippen molar-refractivity contribution in [3.8, 4) is 11.3 Å². The first-order chi connectivity index (χ1) is 17.1. The molecule has 2 N–H and O–H groups in total. The predicted octanol–water partition coefficient (Wildman–Crippen LogP) is 3.17. The minimum Gasteiger partial charge on any atom is -0.364 e. The number of nitrogens with zero attached hydrogens (tertiary/aromatic N) is 6. The molecule has 1 saturated heterocycles. The number of carbonyl (C=O) groups excluding carboxylic acids is 1. The Labute approximate surface area is 218 Å². The maximum atomic E-state index is 12.6. The summed E-state index contributed by atoms with van der Waals surface area (Å²) in [6.07, 6.45) is 0. The average molecular weight is 513 g/mol. The van der Waals surface area contributed by atoms with Gasteiger partial charge in [-0.1, -0.05) is 42.0 Å². The first-order valence-electron chi connectivity index (χ1n) is 12.8. The third-order valence-corrected chi connectivity index (χ3v) is 7.37. The molecule has 1 fully saturated rings. The SMILES string of the molecule is CCN1CCN(CCNC(=O)CN(C)c2nn3c(NC(C)(C)C)c(-c4cccc(C)c4)nc3s2)CC1. The number of fused-ring (bicyclic) bond motifs is 1. The van der Waals surface area contributed by atoms with E-state index in [2.05, 4.69) is 79.3 Å². The van der Waals surface area contributed by atoms with Gasteiger partial charge in [-0.2, -0.15) is 4.52 Å². The second kappa shape index (κ2) is 11.1. The number of likely N-dealkylation sites (N-methyl/N-ethyl adjacent to an activating group) is 2. The molecular formula is C26H40N8OS. The number of hydrogen-bond acceptors (Lipinski definition) is 8. The maximum Gasteiger partial charge on any atom is 0.239 e. The van der Waals surface area contributed by atoms with Gasteiger partial charge in [0, 0.05) is 57.4 Å². The number of nitrogens with one attached hydrogen (secondary N) is 2. The molecule has 4 rings (SSSR count). The molecule has 3 heterocycles. The van der Waals surface area contributed by atoms with Crippen LogP contribution in [0.3, 0.4) is 0 Å². The largest absolute Gasteiger partial charge is 0.364 e. The summed E-state index contributed by atoms with van der Waals surface area (Å²) in [5.41, 5.74) is 2.98. The second-order valence-electron chi connectivity index (χ2n) is 10.6. The van der Waals surface area contributed by atoms with Gasteiger partial charge in [-0.3, -0.25) is 9.69 Å². The van der Waals surface area contributed by atoms with E-state index in [4.69, 9.17) is 10.1 Å². The number of carbonyl (C=O) groups is 1. The Morgan fingerprint density at radius 1 is 1.17 bits per heavy atom. The van der Waals surface area contributed by atoms with Gasteiger partial charge in [0.15, 0.2) is 5.82 Å². The highest BCUT2D eigenvalue weighted by atomic mass is 32.1. The van der Waals surface area contributed by atoms with Gasteiger partial charge < -0.3 is 20.4 Å². The Morgan fingerprint density at radius 2 is 1.89 bits per heavy atom. The molecule has 1 aliphatic heterocycles. The number of hydrogen-bond donors (Lipinski definition) is 2. The summed E-state index contributed by atoms with van der Waals surface area (Å²) in [5.74, 6) is 0.873. The lowest BCUT2D eigenvalue weighted by Gasteiger charge is -2.33. The first-order valence-corrected chi connectivity index (χ1v) is 13.6. The summed E-state index contributed by atoms with van der Waals surface area (Å²) in [6, 6.07) is 8.35. The van der Waals surface area contributed by atoms with Crippen LogP contribution in [0.1, 0.15) is 33.3 Å². The molecular weight excluding hydrogens is 472 g/mol. The molecule has 9 nitrogen and oxygen atoms in total. The highest BCUT2D eigenvalue weighted by molar-refractivity contribution is 7.20. The van der Waals surface area contributed by atoms with Crippen LogP contribution in [0.2, 0.25) is 0 Å². The Hall–Kier alpha value is -2.69. The van der Waals surface area contributed by atoms with E-state index in [9.17, 15) is 4.79 Å². The molecule has 0 bridgehead atoms. The van der Waals surface area contributed by atoms with Crippen LogP contribution in [0.25, 0.3) is 16.2 Å². The highest BCUT2D eigenvalue weighted by Crippen LogP contribution is 2.34. The van der Waals surface area contributed by atoms with Gasteiger partial charge in [0.05, 0.1) is 6.54 Å². The zero-order chi connectivity index (χ0) is 25.9. The topological polar surface area (TPSA) is 81.0 Å². The summed E-state index contributed by atoms with van der Waals surface area (Å²) in [4.78, 5) is 25.1. The van der Waals surface area contributed by atoms with Crippen molar-refractivity contribution >= 4 is 33.2 Å². The van der Waals surface area contributed by atoms with Gasteiger partial charge in [0.25, 0.3) is 0 Å². The Balaban J connectivity index is 1.41. The molecule has 0 spiro atoms.